The first-order chi connectivity index (χ1) is 8.04. The number of nitrogens with two attached hydrogens (primary N) is 1. The Labute approximate surface area is 99.6 Å². The highest BCUT2D eigenvalue weighted by atomic mass is 16.1. The summed E-state index contributed by atoms with van der Waals surface area (Å²) in [6.45, 7) is 3.66. The van der Waals surface area contributed by atoms with E-state index in [1.165, 1.54) is 0 Å². The SMILES string of the molecule is CC(N)CN(C)Cc1ccc2[nH]c(=O)[nH]c2c1. The lowest BCUT2D eigenvalue weighted by atomic mass is 10.2. The Hall–Kier alpha value is -1.59. The van der Waals surface area contributed by atoms with Crippen LogP contribution in [0.1, 0.15) is 12.5 Å². The number of hydrogen-bond acceptors (Lipinski definition) is 3. The second-order valence-electron chi connectivity index (χ2n) is 4.63. The van der Waals surface area contributed by atoms with Gasteiger partial charge in [-0.3, -0.25) is 0 Å². The van der Waals surface area contributed by atoms with Gasteiger partial charge in [0, 0.05) is 19.1 Å². The summed E-state index contributed by atoms with van der Waals surface area (Å²) in [6.07, 6.45) is 0. The van der Waals surface area contributed by atoms with Gasteiger partial charge in [-0.1, -0.05) is 6.07 Å². The van der Waals surface area contributed by atoms with Crippen molar-refractivity contribution in [3.63, 3.8) is 0 Å². The van der Waals surface area contributed by atoms with Gasteiger partial charge in [-0.05, 0) is 31.7 Å². The van der Waals surface area contributed by atoms with Crippen LogP contribution in [0.4, 0.5) is 0 Å². The summed E-state index contributed by atoms with van der Waals surface area (Å²) >= 11 is 0. The van der Waals surface area contributed by atoms with E-state index >= 15 is 0 Å². The molecule has 0 bridgehead atoms. The molecular formula is C12H18N4O. The van der Waals surface area contributed by atoms with Crippen molar-refractivity contribution in [1.29, 1.82) is 0 Å². The van der Waals surface area contributed by atoms with E-state index in [9.17, 15) is 4.79 Å². The van der Waals surface area contributed by atoms with E-state index in [2.05, 4.69) is 14.9 Å². The van der Waals surface area contributed by atoms with E-state index in [4.69, 9.17) is 5.73 Å². The zero-order chi connectivity index (χ0) is 12.4. The molecule has 0 fully saturated rings. The van der Waals surface area contributed by atoms with Gasteiger partial charge < -0.3 is 20.6 Å². The summed E-state index contributed by atoms with van der Waals surface area (Å²) in [5.74, 6) is 0. The molecule has 4 N–H and O–H groups in total. The van der Waals surface area contributed by atoms with Gasteiger partial charge in [0.2, 0.25) is 0 Å². The van der Waals surface area contributed by atoms with Crippen molar-refractivity contribution in [2.24, 2.45) is 5.73 Å². The van der Waals surface area contributed by atoms with E-state index in [1.807, 2.05) is 32.2 Å². The first-order valence-electron chi connectivity index (χ1n) is 5.69. The molecule has 1 atom stereocenters. The van der Waals surface area contributed by atoms with Gasteiger partial charge in [0.15, 0.2) is 0 Å². The summed E-state index contributed by atoms with van der Waals surface area (Å²) in [5.41, 5.74) is 8.43. The van der Waals surface area contributed by atoms with Gasteiger partial charge in [0.1, 0.15) is 0 Å². The average molecular weight is 234 g/mol. The van der Waals surface area contributed by atoms with Crippen molar-refractivity contribution in [3.8, 4) is 0 Å². The largest absolute Gasteiger partial charge is 0.327 e. The Balaban J connectivity index is 2.16. The number of benzene rings is 1. The summed E-state index contributed by atoms with van der Waals surface area (Å²) in [7, 11) is 2.04. The number of imidazole rings is 1. The molecule has 92 valence electrons. The Morgan fingerprint density at radius 2 is 2.06 bits per heavy atom. The fourth-order valence-electron chi connectivity index (χ4n) is 2.05. The molecule has 0 saturated heterocycles. The van der Waals surface area contributed by atoms with Gasteiger partial charge in [0.05, 0.1) is 11.0 Å². The standard InChI is InChI=1S/C12H18N4O/c1-8(13)6-16(2)7-9-3-4-10-11(5-9)15-12(17)14-10/h3-5,8H,6-7,13H2,1-2H3,(H2,14,15,17). The van der Waals surface area contributed by atoms with Crippen molar-refractivity contribution in [1.82, 2.24) is 14.9 Å². The van der Waals surface area contributed by atoms with E-state index in [0.29, 0.717) is 0 Å². The topological polar surface area (TPSA) is 77.9 Å². The molecule has 0 spiro atoms. The first-order valence-corrected chi connectivity index (χ1v) is 5.69. The molecule has 1 heterocycles. The molecule has 1 unspecified atom stereocenters. The number of H-pyrrole nitrogens is 2. The van der Waals surface area contributed by atoms with Crippen molar-refractivity contribution in [2.75, 3.05) is 13.6 Å². The normalized spacial score (nSPS) is 13.4. The van der Waals surface area contributed by atoms with Crippen LogP contribution in [0.2, 0.25) is 0 Å². The maximum atomic E-state index is 11.1. The van der Waals surface area contributed by atoms with Crippen LogP contribution < -0.4 is 11.4 Å². The Morgan fingerprint density at radius 1 is 1.35 bits per heavy atom. The van der Waals surface area contributed by atoms with Gasteiger partial charge in [0.25, 0.3) is 0 Å². The number of rotatable bonds is 4. The summed E-state index contributed by atoms with van der Waals surface area (Å²) in [5, 5.41) is 0. The number of likely N-dealkylation sites (N-methyl/N-ethyl adjacent to an activating group) is 1. The van der Waals surface area contributed by atoms with Crippen LogP contribution in [-0.2, 0) is 6.54 Å². The average Bonchev–Trinajstić information content (AvgIpc) is 2.55. The monoisotopic (exact) mass is 234 g/mol. The predicted octanol–water partition coefficient (Wildman–Crippen LogP) is 0.635. The van der Waals surface area contributed by atoms with Crippen LogP contribution >= 0.6 is 0 Å². The number of nitrogens with zero attached hydrogens (tertiary/aromatic N) is 1. The number of aromatic amines is 2. The van der Waals surface area contributed by atoms with Crippen molar-refractivity contribution in [2.45, 2.75) is 19.5 Å². The summed E-state index contributed by atoms with van der Waals surface area (Å²) < 4.78 is 0. The highest BCUT2D eigenvalue weighted by molar-refractivity contribution is 5.74. The summed E-state index contributed by atoms with van der Waals surface area (Å²) in [6, 6.07) is 6.09. The lowest BCUT2D eigenvalue weighted by molar-refractivity contribution is 0.310. The second-order valence-corrected chi connectivity index (χ2v) is 4.63. The molecule has 0 aliphatic heterocycles. The molecule has 0 amide bonds. The van der Waals surface area contributed by atoms with Crippen LogP contribution in [-0.4, -0.2) is 34.5 Å². The van der Waals surface area contributed by atoms with E-state index in [0.717, 1.165) is 29.7 Å². The lowest BCUT2D eigenvalue weighted by Crippen LogP contribution is -2.32. The molecule has 2 aromatic rings. The van der Waals surface area contributed by atoms with Crippen molar-refractivity contribution >= 4 is 11.0 Å². The minimum atomic E-state index is -0.166. The molecule has 1 aromatic heterocycles. The minimum Gasteiger partial charge on any atom is -0.327 e. The first kappa shape index (κ1) is 11.9. The molecular weight excluding hydrogens is 216 g/mol. The van der Waals surface area contributed by atoms with Crippen LogP contribution in [0, 0.1) is 0 Å². The highest BCUT2D eigenvalue weighted by Crippen LogP contribution is 2.11. The fourth-order valence-corrected chi connectivity index (χ4v) is 2.05. The molecule has 0 saturated carbocycles. The van der Waals surface area contributed by atoms with E-state index in [1.54, 1.807) is 0 Å². The molecule has 5 heteroatoms. The van der Waals surface area contributed by atoms with Crippen LogP contribution in [0.25, 0.3) is 11.0 Å². The fraction of sp³-hybridized carbons (Fsp3) is 0.417. The molecule has 0 radical (unpaired) electrons. The van der Waals surface area contributed by atoms with E-state index < -0.39 is 0 Å². The third-order valence-electron chi connectivity index (χ3n) is 2.63. The zero-order valence-corrected chi connectivity index (χ0v) is 10.2. The smallest absolute Gasteiger partial charge is 0.323 e. The quantitative estimate of drug-likeness (QED) is 0.726. The van der Waals surface area contributed by atoms with Gasteiger partial charge >= 0.3 is 5.69 Å². The van der Waals surface area contributed by atoms with Gasteiger partial charge in [-0.2, -0.15) is 0 Å². The lowest BCUT2D eigenvalue weighted by Gasteiger charge is -2.18. The molecule has 0 aliphatic rings. The molecule has 17 heavy (non-hydrogen) atoms. The third kappa shape index (κ3) is 2.95. The highest BCUT2D eigenvalue weighted by Gasteiger charge is 2.05. The molecule has 5 nitrogen and oxygen atoms in total. The summed E-state index contributed by atoms with van der Waals surface area (Å²) in [4.78, 5) is 18.8. The predicted molar refractivity (Wildman–Crippen MR) is 68.9 cm³/mol. The molecule has 1 aromatic carbocycles. The van der Waals surface area contributed by atoms with Gasteiger partial charge in [-0.15, -0.1) is 0 Å². The molecule has 0 aliphatic carbocycles. The maximum Gasteiger partial charge on any atom is 0.323 e. The Morgan fingerprint density at radius 3 is 2.76 bits per heavy atom. The van der Waals surface area contributed by atoms with Gasteiger partial charge in [-0.25, -0.2) is 4.79 Å². The Kier molecular flexibility index (Phi) is 3.31. The minimum absolute atomic E-state index is 0.163. The second kappa shape index (κ2) is 4.73. The van der Waals surface area contributed by atoms with Crippen molar-refractivity contribution < 1.29 is 0 Å². The van der Waals surface area contributed by atoms with Crippen LogP contribution in [0.15, 0.2) is 23.0 Å². The maximum absolute atomic E-state index is 11.1. The van der Waals surface area contributed by atoms with Crippen molar-refractivity contribution in [3.05, 3.63) is 34.2 Å². The number of nitrogens with one attached hydrogen (secondary N) is 2. The number of fused-ring (bicyclic) bond motifs is 1. The number of aromatic nitrogens is 2. The Bertz CT molecular complexity index is 555. The third-order valence-corrected chi connectivity index (χ3v) is 2.63. The zero-order valence-electron chi connectivity index (χ0n) is 10.2. The number of hydrogen-bond donors (Lipinski definition) is 3. The van der Waals surface area contributed by atoms with Crippen LogP contribution in [0.5, 0.6) is 0 Å². The van der Waals surface area contributed by atoms with Crippen LogP contribution in [0.3, 0.4) is 0 Å². The van der Waals surface area contributed by atoms with E-state index in [-0.39, 0.29) is 11.7 Å². The molecule has 2 rings (SSSR count).